The Bertz CT molecular complexity index is 677. The minimum absolute atomic E-state index is 0.000692. The summed E-state index contributed by atoms with van der Waals surface area (Å²) in [5.74, 6) is -0.647. The molecule has 2 rings (SSSR count). The van der Waals surface area contributed by atoms with E-state index in [0.717, 1.165) is 5.56 Å². The van der Waals surface area contributed by atoms with Gasteiger partial charge in [0.15, 0.2) is 0 Å². The van der Waals surface area contributed by atoms with Crippen molar-refractivity contribution in [2.45, 2.75) is 13.5 Å². The fourth-order valence-corrected chi connectivity index (χ4v) is 2.00. The van der Waals surface area contributed by atoms with Crippen LogP contribution >= 0.6 is 11.6 Å². The van der Waals surface area contributed by atoms with Crippen LogP contribution in [-0.4, -0.2) is 11.0 Å². The number of hydrogen-bond donors (Lipinski definition) is 3. The van der Waals surface area contributed by atoms with Gasteiger partial charge in [0.1, 0.15) is 11.6 Å². The van der Waals surface area contributed by atoms with Gasteiger partial charge in [0.05, 0.1) is 10.7 Å². The van der Waals surface area contributed by atoms with Crippen LogP contribution in [-0.2, 0) is 11.3 Å². The topological polar surface area (TPSA) is 61.4 Å². The van der Waals surface area contributed by atoms with Gasteiger partial charge in [0, 0.05) is 19.2 Å². The molecule has 2 aromatic rings. The van der Waals surface area contributed by atoms with Crippen LogP contribution in [0, 0.1) is 5.82 Å². The summed E-state index contributed by atoms with van der Waals surface area (Å²) in [5.41, 5.74) is 1.57. The number of carbonyl (C=O) groups excluding carboxylic acids is 1. The Kier molecular flexibility index (Phi) is 4.65. The number of halogens is 2. The van der Waals surface area contributed by atoms with Crippen molar-refractivity contribution in [2.75, 3.05) is 10.6 Å². The second kappa shape index (κ2) is 6.45. The lowest BCUT2D eigenvalue weighted by molar-refractivity contribution is -0.114. The average Bonchev–Trinajstić information content (AvgIpc) is 2.42. The maximum absolute atomic E-state index is 13.7. The molecule has 0 unspecified atom stereocenters. The number of carbonyl (C=O) groups is 1. The zero-order valence-corrected chi connectivity index (χ0v) is 12.0. The van der Waals surface area contributed by atoms with Crippen LogP contribution in [0.15, 0.2) is 36.4 Å². The van der Waals surface area contributed by atoms with Crippen molar-refractivity contribution in [3.05, 3.63) is 52.8 Å². The van der Waals surface area contributed by atoms with E-state index in [0.29, 0.717) is 12.2 Å². The summed E-state index contributed by atoms with van der Waals surface area (Å²) in [6.07, 6.45) is 0. The van der Waals surface area contributed by atoms with Gasteiger partial charge < -0.3 is 15.7 Å². The minimum atomic E-state index is -0.422. The van der Waals surface area contributed by atoms with E-state index in [9.17, 15) is 14.3 Å². The third kappa shape index (κ3) is 4.10. The maximum Gasteiger partial charge on any atom is 0.221 e. The molecular weight excluding hydrogens is 295 g/mol. The Morgan fingerprint density at radius 1 is 1.29 bits per heavy atom. The summed E-state index contributed by atoms with van der Waals surface area (Å²) in [5, 5.41) is 15.1. The van der Waals surface area contributed by atoms with E-state index in [1.54, 1.807) is 12.1 Å². The largest absolute Gasteiger partial charge is 0.506 e. The molecule has 6 heteroatoms. The number of nitrogens with one attached hydrogen (secondary N) is 2. The zero-order valence-electron chi connectivity index (χ0n) is 11.3. The Balaban J connectivity index is 2.11. The quantitative estimate of drug-likeness (QED) is 0.806. The van der Waals surface area contributed by atoms with Crippen LogP contribution in [0.5, 0.6) is 5.75 Å². The first kappa shape index (κ1) is 15.1. The first-order valence-electron chi connectivity index (χ1n) is 6.24. The molecule has 0 bridgehead atoms. The van der Waals surface area contributed by atoms with Crippen molar-refractivity contribution in [3.63, 3.8) is 0 Å². The van der Waals surface area contributed by atoms with E-state index in [1.807, 2.05) is 0 Å². The summed E-state index contributed by atoms with van der Waals surface area (Å²) in [4.78, 5) is 11.0. The zero-order chi connectivity index (χ0) is 15.4. The molecule has 4 nitrogen and oxygen atoms in total. The first-order valence-corrected chi connectivity index (χ1v) is 6.62. The van der Waals surface area contributed by atoms with Gasteiger partial charge in [0.2, 0.25) is 5.91 Å². The average molecular weight is 309 g/mol. The number of benzene rings is 2. The van der Waals surface area contributed by atoms with E-state index in [-0.39, 0.29) is 22.4 Å². The normalized spacial score (nSPS) is 10.2. The second-order valence-electron chi connectivity index (χ2n) is 4.52. The number of anilines is 2. The Morgan fingerprint density at radius 2 is 2.05 bits per heavy atom. The number of phenolic OH excluding ortho intramolecular Hbond substituents is 1. The molecule has 0 saturated heterocycles. The number of amides is 1. The fourth-order valence-electron chi connectivity index (χ4n) is 1.80. The molecule has 110 valence electrons. The molecule has 0 fully saturated rings. The molecule has 0 radical (unpaired) electrons. The van der Waals surface area contributed by atoms with Crippen LogP contribution < -0.4 is 10.6 Å². The lowest BCUT2D eigenvalue weighted by Gasteiger charge is -2.10. The van der Waals surface area contributed by atoms with Crippen LogP contribution in [0.4, 0.5) is 15.8 Å². The minimum Gasteiger partial charge on any atom is -0.506 e. The molecule has 2 aromatic carbocycles. The van der Waals surface area contributed by atoms with Gasteiger partial charge >= 0.3 is 0 Å². The van der Waals surface area contributed by atoms with Crippen molar-refractivity contribution in [1.29, 1.82) is 0 Å². The van der Waals surface area contributed by atoms with Gasteiger partial charge in [0.25, 0.3) is 0 Å². The van der Waals surface area contributed by atoms with Crippen molar-refractivity contribution >= 4 is 28.9 Å². The van der Waals surface area contributed by atoms with Crippen LogP contribution in [0.1, 0.15) is 12.5 Å². The standard InChI is InChI=1S/C15H14ClFN2O2/c1-9(20)19-11-3-4-13(17)14(7-11)18-8-10-2-5-15(21)12(16)6-10/h2-7,18,21H,8H2,1H3,(H,19,20). The number of aromatic hydroxyl groups is 1. The van der Waals surface area contributed by atoms with Gasteiger partial charge in [-0.1, -0.05) is 17.7 Å². The van der Waals surface area contributed by atoms with E-state index in [1.165, 1.54) is 31.2 Å². The summed E-state index contributed by atoms with van der Waals surface area (Å²) < 4.78 is 13.7. The van der Waals surface area contributed by atoms with Crippen LogP contribution in [0.2, 0.25) is 5.02 Å². The molecule has 0 heterocycles. The molecule has 0 saturated carbocycles. The molecule has 0 spiro atoms. The first-order chi connectivity index (χ1) is 9.95. The summed E-state index contributed by atoms with van der Waals surface area (Å²) >= 11 is 5.81. The van der Waals surface area contributed by atoms with Gasteiger partial charge in [-0.3, -0.25) is 4.79 Å². The predicted octanol–water partition coefficient (Wildman–Crippen LogP) is 3.76. The van der Waals surface area contributed by atoms with Crippen molar-refractivity contribution in [2.24, 2.45) is 0 Å². The maximum atomic E-state index is 13.7. The van der Waals surface area contributed by atoms with Gasteiger partial charge in [-0.15, -0.1) is 0 Å². The molecule has 21 heavy (non-hydrogen) atoms. The highest BCUT2D eigenvalue weighted by molar-refractivity contribution is 6.32. The fraction of sp³-hybridized carbons (Fsp3) is 0.133. The van der Waals surface area contributed by atoms with Gasteiger partial charge in [-0.05, 0) is 35.9 Å². The van der Waals surface area contributed by atoms with Gasteiger partial charge in [-0.2, -0.15) is 0 Å². The lowest BCUT2D eigenvalue weighted by atomic mass is 10.2. The Hall–Kier alpha value is -2.27. The molecule has 1 amide bonds. The molecule has 0 aliphatic heterocycles. The summed E-state index contributed by atoms with van der Waals surface area (Å²) in [6, 6.07) is 9.03. The van der Waals surface area contributed by atoms with E-state index in [4.69, 9.17) is 11.6 Å². The molecule has 3 N–H and O–H groups in total. The third-order valence-corrected chi connectivity index (χ3v) is 3.08. The summed E-state index contributed by atoms with van der Waals surface area (Å²) in [7, 11) is 0. The van der Waals surface area contributed by atoms with Crippen LogP contribution in [0.3, 0.4) is 0 Å². The van der Waals surface area contributed by atoms with E-state index < -0.39 is 5.82 Å². The van der Waals surface area contributed by atoms with Gasteiger partial charge in [-0.25, -0.2) is 4.39 Å². The highest BCUT2D eigenvalue weighted by atomic mass is 35.5. The van der Waals surface area contributed by atoms with Crippen molar-refractivity contribution in [3.8, 4) is 5.75 Å². The Morgan fingerprint density at radius 3 is 2.71 bits per heavy atom. The number of phenols is 1. The van der Waals surface area contributed by atoms with Crippen molar-refractivity contribution < 1.29 is 14.3 Å². The van der Waals surface area contributed by atoms with Crippen LogP contribution in [0.25, 0.3) is 0 Å². The number of hydrogen-bond acceptors (Lipinski definition) is 3. The third-order valence-electron chi connectivity index (χ3n) is 2.78. The lowest BCUT2D eigenvalue weighted by Crippen LogP contribution is -2.07. The number of rotatable bonds is 4. The van der Waals surface area contributed by atoms with E-state index in [2.05, 4.69) is 10.6 Å². The SMILES string of the molecule is CC(=O)Nc1ccc(F)c(NCc2ccc(O)c(Cl)c2)c1. The molecule has 0 aliphatic rings. The van der Waals surface area contributed by atoms with E-state index >= 15 is 0 Å². The predicted molar refractivity (Wildman–Crippen MR) is 81.1 cm³/mol. The smallest absolute Gasteiger partial charge is 0.221 e. The molecule has 0 atom stereocenters. The molecule has 0 aliphatic carbocycles. The molecule has 0 aromatic heterocycles. The Labute approximate surface area is 126 Å². The molecular formula is C15H14ClFN2O2. The highest BCUT2D eigenvalue weighted by Gasteiger charge is 2.06. The second-order valence-corrected chi connectivity index (χ2v) is 4.92. The monoisotopic (exact) mass is 308 g/mol. The highest BCUT2D eigenvalue weighted by Crippen LogP contribution is 2.25. The van der Waals surface area contributed by atoms with Crippen molar-refractivity contribution in [1.82, 2.24) is 0 Å². The summed E-state index contributed by atoms with van der Waals surface area (Å²) in [6.45, 7) is 1.72.